The van der Waals surface area contributed by atoms with Gasteiger partial charge in [-0.15, -0.1) is 11.6 Å². The average molecular weight is 278 g/mol. The highest BCUT2D eigenvalue weighted by Crippen LogP contribution is 2.40. The van der Waals surface area contributed by atoms with Crippen LogP contribution < -0.4 is 5.32 Å². The molecule has 0 aromatic heterocycles. The number of halogens is 1. The lowest BCUT2D eigenvalue weighted by atomic mass is 9.78. The van der Waals surface area contributed by atoms with Crippen LogP contribution in [0, 0.1) is 0 Å². The van der Waals surface area contributed by atoms with E-state index in [4.69, 9.17) is 21.1 Å². The molecule has 2 N–H and O–H groups in total. The van der Waals surface area contributed by atoms with Gasteiger partial charge in [-0.1, -0.05) is 0 Å². The number of carbonyl (C=O) groups is 2. The summed E-state index contributed by atoms with van der Waals surface area (Å²) in [6.45, 7) is 1.07. The van der Waals surface area contributed by atoms with Gasteiger partial charge in [0.05, 0.1) is 13.2 Å². The fourth-order valence-electron chi connectivity index (χ4n) is 2.54. The van der Waals surface area contributed by atoms with Crippen molar-refractivity contribution in [2.45, 2.75) is 37.0 Å². The predicted molar refractivity (Wildman–Crippen MR) is 62.3 cm³/mol. The highest BCUT2D eigenvalue weighted by Gasteiger charge is 2.50. The molecule has 1 heterocycles. The van der Waals surface area contributed by atoms with Gasteiger partial charge in [-0.25, -0.2) is 4.79 Å². The molecule has 18 heavy (non-hydrogen) atoms. The Balaban J connectivity index is 2.05. The van der Waals surface area contributed by atoms with Crippen molar-refractivity contribution in [2.75, 3.05) is 19.1 Å². The highest BCUT2D eigenvalue weighted by atomic mass is 35.5. The Morgan fingerprint density at radius 3 is 2.17 bits per heavy atom. The second-order valence-corrected chi connectivity index (χ2v) is 4.94. The van der Waals surface area contributed by atoms with Gasteiger partial charge in [-0.3, -0.25) is 4.79 Å². The van der Waals surface area contributed by atoms with Crippen LogP contribution in [0.15, 0.2) is 0 Å². The van der Waals surface area contributed by atoms with Gasteiger partial charge < -0.3 is 19.9 Å². The minimum Gasteiger partial charge on any atom is -0.480 e. The summed E-state index contributed by atoms with van der Waals surface area (Å²) in [6, 6.07) is 0. The van der Waals surface area contributed by atoms with Crippen molar-refractivity contribution >= 4 is 23.5 Å². The van der Waals surface area contributed by atoms with Crippen LogP contribution in [0.3, 0.4) is 0 Å². The average Bonchev–Trinajstić information content (AvgIpc) is 2.81. The van der Waals surface area contributed by atoms with E-state index in [1.165, 1.54) is 0 Å². The van der Waals surface area contributed by atoms with Gasteiger partial charge >= 0.3 is 5.97 Å². The SMILES string of the molecule is O=C(CCl)NC1(C(=O)O)CCC2(CC1)OCCO2. The van der Waals surface area contributed by atoms with Gasteiger partial charge in [0.2, 0.25) is 5.91 Å². The molecule has 1 spiro atoms. The van der Waals surface area contributed by atoms with Crippen molar-refractivity contribution in [1.82, 2.24) is 5.32 Å². The molecule has 1 saturated carbocycles. The van der Waals surface area contributed by atoms with E-state index in [9.17, 15) is 14.7 Å². The molecule has 0 unspecified atom stereocenters. The van der Waals surface area contributed by atoms with Gasteiger partial charge in [0.15, 0.2) is 5.79 Å². The summed E-state index contributed by atoms with van der Waals surface area (Å²) < 4.78 is 11.1. The number of nitrogens with one attached hydrogen (secondary N) is 1. The molecular weight excluding hydrogens is 262 g/mol. The van der Waals surface area contributed by atoms with Gasteiger partial charge in [-0.05, 0) is 12.8 Å². The van der Waals surface area contributed by atoms with Crippen LogP contribution >= 0.6 is 11.6 Å². The monoisotopic (exact) mass is 277 g/mol. The number of rotatable bonds is 3. The summed E-state index contributed by atoms with van der Waals surface area (Å²) in [7, 11) is 0. The fourth-order valence-corrected chi connectivity index (χ4v) is 2.60. The lowest BCUT2D eigenvalue weighted by molar-refractivity contribution is -0.191. The van der Waals surface area contributed by atoms with Crippen LogP contribution in [-0.2, 0) is 19.1 Å². The first-order valence-corrected chi connectivity index (χ1v) is 6.44. The third-order valence-electron chi connectivity index (χ3n) is 3.59. The van der Waals surface area contributed by atoms with Gasteiger partial charge in [-0.2, -0.15) is 0 Å². The second-order valence-electron chi connectivity index (χ2n) is 4.68. The largest absolute Gasteiger partial charge is 0.480 e. The van der Waals surface area contributed by atoms with Crippen molar-refractivity contribution in [3.8, 4) is 0 Å². The molecule has 2 fully saturated rings. The molecule has 1 amide bonds. The standard InChI is InChI=1S/C11H16ClNO5/c12-7-8(14)13-10(9(15)16)1-3-11(4-2-10)17-5-6-18-11/h1-7H2,(H,13,14)(H,15,16). The molecule has 0 atom stereocenters. The van der Waals surface area contributed by atoms with Gasteiger partial charge in [0.1, 0.15) is 11.4 Å². The third kappa shape index (κ3) is 2.46. The zero-order valence-electron chi connectivity index (χ0n) is 9.91. The first-order chi connectivity index (χ1) is 8.52. The lowest BCUT2D eigenvalue weighted by Crippen LogP contribution is -2.59. The molecule has 1 saturated heterocycles. The smallest absolute Gasteiger partial charge is 0.329 e. The Morgan fingerprint density at radius 2 is 1.72 bits per heavy atom. The number of carboxylic acids is 1. The number of hydrogen-bond acceptors (Lipinski definition) is 4. The summed E-state index contributed by atoms with van der Waals surface area (Å²) in [5, 5.41) is 11.8. The molecule has 1 aliphatic carbocycles. The number of carbonyl (C=O) groups excluding carboxylic acids is 1. The number of aliphatic carboxylic acids is 1. The Morgan fingerprint density at radius 1 is 1.17 bits per heavy atom. The molecule has 6 nitrogen and oxygen atoms in total. The van der Waals surface area contributed by atoms with E-state index in [0.29, 0.717) is 26.1 Å². The highest BCUT2D eigenvalue weighted by molar-refractivity contribution is 6.27. The van der Waals surface area contributed by atoms with E-state index in [1.807, 2.05) is 0 Å². The molecule has 1 aliphatic heterocycles. The summed E-state index contributed by atoms with van der Waals surface area (Å²) in [4.78, 5) is 22.7. The van der Waals surface area contributed by atoms with Crippen LogP contribution in [0.4, 0.5) is 0 Å². The van der Waals surface area contributed by atoms with Gasteiger partial charge in [0, 0.05) is 12.8 Å². The Hall–Kier alpha value is -0.850. The Labute approximate surface area is 110 Å². The molecule has 7 heteroatoms. The van der Waals surface area contributed by atoms with Crippen molar-refractivity contribution in [3.63, 3.8) is 0 Å². The molecule has 2 aliphatic rings. The van der Waals surface area contributed by atoms with Crippen molar-refractivity contribution < 1.29 is 24.2 Å². The van der Waals surface area contributed by atoms with Crippen LogP contribution in [0.5, 0.6) is 0 Å². The molecule has 0 aromatic rings. The van der Waals surface area contributed by atoms with E-state index in [2.05, 4.69) is 5.32 Å². The van der Waals surface area contributed by atoms with Crippen molar-refractivity contribution in [3.05, 3.63) is 0 Å². The summed E-state index contributed by atoms with van der Waals surface area (Å²) >= 11 is 5.40. The van der Waals surface area contributed by atoms with E-state index in [0.717, 1.165) is 0 Å². The van der Waals surface area contributed by atoms with Gasteiger partial charge in [0.25, 0.3) is 0 Å². The van der Waals surface area contributed by atoms with E-state index in [1.54, 1.807) is 0 Å². The lowest BCUT2D eigenvalue weighted by Gasteiger charge is -2.41. The second kappa shape index (κ2) is 5.03. The van der Waals surface area contributed by atoms with E-state index >= 15 is 0 Å². The Kier molecular flexibility index (Phi) is 3.79. The predicted octanol–water partition coefficient (Wildman–Crippen LogP) is 0.482. The van der Waals surface area contributed by atoms with Crippen LogP contribution in [0.25, 0.3) is 0 Å². The Bertz CT molecular complexity index is 343. The summed E-state index contributed by atoms with van der Waals surface area (Å²) in [5.74, 6) is -2.39. The summed E-state index contributed by atoms with van der Waals surface area (Å²) in [5.41, 5.74) is -1.24. The molecule has 2 rings (SSSR count). The maximum absolute atomic E-state index is 11.4. The molecule has 0 radical (unpaired) electrons. The number of ether oxygens (including phenoxy) is 2. The van der Waals surface area contributed by atoms with Crippen molar-refractivity contribution in [1.29, 1.82) is 0 Å². The minimum atomic E-state index is -1.24. The van der Waals surface area contributed by atoms with E-state index < -0.39 is 23.2 Å². The summed E-state index contributed by atoms with van der Waals surface area (Å²) in [6.07, 6.45) is 1.49. The van der Waals surface area contributed by atoms with E-state index in [-0.39, 0.29) is 18.7 Å². The molecule has 102 valence electrons. The van der Waals surface area contributed by atoms with Crippen molar-refractivity contribution in [2.24, 2.45) is 0 Å². The molecular formula is C11H16ClNO5. The first-order valence-electron chi connectivity index (χ1n) is 5.90. The maximum atomic E-state index is 11.4. The van der Waals surface area contributed by atoms with Crippen LogP contribution in [0.2, 0.25) is 0 Å². The normalized spacial score (nSPS) is 24.9. The fraction of sp³-hybridized carbons (Fsp3) is 0.818. The number of carboxylic acid groups (broad SMARTS) is 1. The first kappa shape index (κ1) is 13.6. The zero-order valence-corrected chi connectivity index (χ0v) is 10.7. The minimum absolute atomic E-state index is 0.243. The number of alkyl halides is 1. The van der Waals surface area contributed by atoms with Crippen LogP contribution in [0.1, 0.15) is 25.7 Å². The zero-order chi connectivity index (χ0) is 13.2. The molecule has 0 aromatic carbocycles. The number of hydrogen-bond donors (Lipinski definition) is 2. The third-order valence-corrected chi connectivity index (χ3v) is 3.83. The quantitative estimate of drug-likeness (QED) is 0.733. The maximum Gasteiger partial charge on any atom is 0.329 e. The number of amides is 1. The topological polar surface area (TPSA) is 84.9 Å². The molecule has 0 bridgehead atoms. The van der Waals surface area contributed by atoms with Crippen LogP contribution in [-0.4, -0.2) is 47.4 Å².